The summed E-state index contributed by atoms with van der Waals surface area (Å²) in [7, 11) is 0. The van der Waals surface area contributed by atoms with Crippen molar-refractivity contribution in [3.63, 3.8) is 0 Å². The summed E-state index contributed by atoms with van der Waals surface area (Å²) >= 11 is 0. The van der Waals surface area contributed by atoms with Crippen LogP contribution in [0, 0.1) is 0 Å². The van der Waals surface area contributed by atoms with Gasteiger partial charge in [-0.1, -0.05) is 6.08 Å². The average Bonchev–Trinajstić information content (AvgIpc) is 3.65. The van der Waals surface area contributed by atoms with Crippen molar-refractivity contribution in [2.24, 2.45) is 0 Å². The number of aromatic nitrogens is 6. The summed E-state index contributed by atoms with van der Waals surface area (Å²) in [6, 6.07) is 3.66. The third-order valence-corrected chi connectivity index (χ3v) is 7.57. The maximum Gasteiger partial charge on any atom is 0.322 e. The van der Waals surface area contributed by atoms with Gasteiger partial charge in [-0.25, -0.2) is 14.8 Å². The van der Waals surface area contributed by atoms with Gasteiger partial charge in [-0.05, 0) is 25.0 Å². The van der Waals surface area contributed by atoms with Gasteiger partial charge in [0.05, 0.1) is 55.0 Å². The largest absolute Gasteiger partial charge is 0.378 e. The van der Waals surface area contributed by atoms with Crippen LogP contribution >= 0.6 is 0 Å². The first-order valence-electron chi connectivity index (χ1n) is 13.7. The number of amides is 3. The minimum absolute atomic E-state index is 0.0174. The van der Waals surface area contributed by atoms with Gasteiger partial charge >= 0.3 is 6.03 Å². The van der Waals surface area contributed by atoms with Gasteiger partial charge in [0.25, 0.3) is 5.91 Å². The number of urea groups is 1. The van der Waals surface area contributed by atoms with E-state index in [1.165, 1.54) is 0 Å². The lowest BCUT2D eigenvalue weighted by molar-refractivity contribution is -0.129. The quantitative estimate of drug-likeness (QED) is 0.347. The normalized spacial score (nSPS) is 17.3. The Bertz CT molecular complexity index is 1650. The van der Waals surface area contributed by atoms with Crippen LogP contribution in [0.4, 0.5) is 10.5 Å². The van der Waals surface area contributed by atoms with Gasteiger partial charge in [0.15, 0.2) is 11.5 Å². The molecule has 13 nitrogen and oxygen atoms in total. The maximum atomic E-state index is 13.3. The van der Waals surface area contributed by atoms with Crippen molar-refractivity contribution >= 4 is 34.2 Å². The fourth-order valence-corrected chi connectivity index (χ4v) is 5.39. The Morgan fingerprint density at radius 3 is 2.46 bits per heavy atom. The van der Waals surface area contributed by atoms with Crippen molar-refractivity contribution in [2.75, 3.05) is 57.9 Å². The molecule has 0 bridgehead atoms. The Labute approximate surface area is 235 Å². The molecule has 1 aliphatic carbocycles. The van der Waals surface area contributed by atoms with Crippen LogP contribution in [0.3, 0.4) is 0 Å². The lowest BCUT2D eigenvalue weighted by Crippen LogP contribution is -2.43. The number of nitrogens with one attached hydrogen (secondary N) is 3. The number of anilines is 1. The van der Waals surface area contributed by atoms with Crippen molar-refractivity contribution in [1.29, 1.82) is 0 Å². The average molecular weight is 556 g/mol. The van der Waals surface area contributed by atoms with E-state index in [1.54, 1.807) is 23.5 Å². The molecule has 3 N–H and O–H groups in total. The van der Waals surface area contributed by atoms with Crippen molar-refractivity contribution in [2.45, 2.75) is 12.8 Å². The molecular formula is C28H29N9O4. The van der Waals surface area contributed by atoms with E-state index in [2.05, 4.69) is 30.5 Å². The van der Waals surface area contributed by atoms with E-state index < -0.39 is 0 Å². The van der Waals surface area contributed by atoms with Gasteiger partial charge in [-0.2, -0.15) is 5.10 Å². The van der Waals surface area contributed by atoms with Crippen LogP contribution in [-0.4, -0.2) is 104 Å². The van der Waals surface area contributed by atoms with Gasteiger partial charge in [0.1, 0.15) is 5.69 Å². The molecule has 41 heavy (non-hydrogen) atoms. The highest BCUT2D eigenvalue weighted by molar-refractivity contribution is 6.19. The molecule has 0 atom stereocenters. The molecule has 13 heteroatoms. The number of hydrogen-bond acceptors (Lipinski definition) is 8. The molecule has 0 unspecified atom stereocenters. The molecule has 0 saturated carbocycles. The fourth-order valence-electron chi connectivity index (χ4n) is 5.39. The van der Waals surface area contributed by atoms with E-state index in [0.29, 0.717) is 86.7 Å². The molecule has 3 aliphatic rings. The molecule has 0 radical (unpaired) electrons. The molecule has 7 rings (SSSR count). The number of allylic oxidation sites excluding steroid dienone is 1. The summed E-state index contributed by atoms with van der Waals surface area (Å²) < 4.78 is 10.7. The summed E-state index contributed by atoms with van der Waals surface area (Å²) in [6.45, 7) is 4.42. The predicted molar refractivity (Wildman–Crippen MR) is 150 cm³/mol. The van der Waals surface area contributed by atoms with Crippen LogP contribution in [0.15, 0.2) is 36.8 Å². The maximum absolute atomic E-state index is 13.3. The Balaban J connectivity index is 1.16. The first-order valence-corrected chi connectivity index (χ1v) is 13.7. The number of rotatable bonds is 4. The smallest absolute Gasteiger partial charge is 0.322 e. The summed E-state index contributed by atoms with van der Waals surface area (Å²) in [5.41, 5.74) is 5.66. The number of carbonyl (C=O) groups is 2. The highest BCUT2D eigenvalue weighted by Crippen LogP contribution is 2.33. The number of imidazole rings is 1. The zero-order valence-corrected chi connectivity index (χ0v) is 22.4. The number of hydrogen-bond donors (Lipinski definition) is 3. The van der Waals surface area contributed by atoms with E-state index >= 15 is 0 Å². The van der Waals surface area contributed by atoms with Gasteiger partial charge in [0.2, 0.25) is 0 Å². The lowest BCUT2D eigenvalue weighted by Gasteiger charge is -2.28. The van der Waals surface area contributed by atoms with E-state index in [4.69, 9.17) is 14.5 Å². The Kier molecular flexibility index (Phi) is 6.65. The molecule has 4 aromatic heterocycles. The third-order valence-electron chi connectivity index (χ3n) is 7.57. The lowest BCUT2D eigenvalue weighted by atomic mass is 9.99. The van der Waals surface area contributed by atoms with Crippen LogP contribution < -0.4 is 5.32 Å². The zero-order chi connectivity index (χ0) is 27.8. The number of H-pyrrole nitrogens is 2. The van der Waals surface area contributed by atoms with E-state index in [0.717, 1.165) is 35.0 Å². The molecule has 3 amide bonds. The number of fused-ring (bicyclic) bond motifs is 2. The second-order valence-electron chi connectivity index (χ2n) is 10.2. The number of aryl methyl sites for hydroxylation is 1. The molecular weight excluding hydrogens is 526 g/mol. The van der Waals surface area contributed by atoms with Crippen molar-refractivity contribution in [3.8, 4) is 22.6 Å². The van der Waals surface area contributed by atoms with Crippen LogP contribution in [0.2, 0.25) is 0 Å². The minimum atomic E-state index is -0.180. The Morgan fingerprint density at radius 1 is 0.902 bits per heavy atom. The molecule has 2 saturated heterocycles. The zero-order valence-electron chi connectivity index (χ0n) is 22.4. The molecule has 0 aromatic carbocycles. The topological polar surface area (TPSA) is 154 Å². The van der Waals surface area contributed by atoms with E-state index in [9.17, 15) is 9.59 Å². The molecule has 2 fully saturated rings. The van der Waals surface area contributed by atoms with Gasteiger partial charge < -0.3 is 29.6 Å². The number of ether oxygens (including phenoxy) is 2. The molecule has 210 valence electrons. The summed E-state index contributed by atoms with van der Waals surface area (Å²) in [6.07, 6.45) is 8.59. The standard InChI is InChI=1S/C28H29N9O4/c38-27(36-4-8-40-9-5-36)20-2-1-3-22-23(20)33-26(32-22)24-21-13-18(15-30-25(21)35-34-24)17-12-19(16-29-14-17)31-28(39)37-6-10-41-11-7-37/h2,12-16H,1,3-11H2,(H,31,39)(H,32,33)(H,30,34,35). The number of carbonyl (C=O) groups excluding carboxylic acids is 2. The van der Waals surface area contributed by atoms with Crippen LogP contribution in [-0.2, 0) is 20.7 Å². The molecule has 4 aromatic rings. The molecule has 6 heterocycles. The highest BCUT2D eigenvalue weighted by atomic mass is 16.5. The Hall–Kier alpha value is -4.62. The summed E-state index contributed by atoms with van der Waals surface area (Å²) in [4.78, 5) is 46.7. The number of pyridine rings is 2. The third kappa shape index (κ3) is 4.93. The highest BCUT2D eigenvalue weighted by Gasteiger charge is 2.28. The van der Waals surface area contributed by atoms with Crippen molar-refractivity contribution in [3.05, 3.63) is 48.2 Å². The summed E-state index contributed by atoms with van der Waals surface area (Å²) in [5, 5.41) is 11.2. The van der Waals surface area contributed by atoms with E-state index in [1.807, 2.05) is 23.1 Å². The summed E-state index contributed by atoms with van der Waals surface area (Å²) in [5.74, 6) is 0.559. The van der Waals surface area contributed by atoms with Crippen molar-refractivity contribution < 1.29 is 19.1 Å². The van der Waals surface area contributed by atoms with Crippen LogP contribution in [0.1, 0.15) is 17.8 Å². The van der Waals surface area contributed by atoms with Crippen LogP contribution in [0.5, 0.6) is 0 Å². The number of aromatic amines is 2. The second kappa shape index (κ2) is 10.7. The second-order valence-corrected chi connectivity index (χ2v) is 10.2. The predicted octanol–water partition coefficient (Wildman–Crippen LogP) is 2.46. The Morgan fingerprint density at radius 2 is 1.66 bits per heavy atom. The van der Waals surface area contributed by atoms with Gasteiger partial charge in [-0.15, -0.1) is 0 Å². The van der Waals surface area contributed by atoms with E-state index in [-0.39, 0.29) is 11.9 Å². The number of nitrogens with zero attached hydrogens (tertiary/aromatic N) is 6. The first-order chi connectivity index (χ1) is 20.1. The number of morpholine rings is 2. The monoisotopic (exact) mass is 555 g/mol. The fraction of sp³-hybridized carbons (Fsp3) is 0.357. The minimum Gasteiger partial charge on any atom is -0.378 e. The molecule has 0 spiro atoms. The first kappa shape index (κ1) is 25.4. The van der Waals surface area contributed by atoms with Gasteiger partial charge in [-0.3, -0.25) is 14.9 Å². The van der Waals surface area contributed by atoms with Crippen molar-refractivity contribution in [1.82, 2.24) is 39.9 Å². The van der Waals surface area contributed by atoms with Crippen LogP contribution in [0.25, 0.3) is 39.3 Å². The SMILES string of the molecule is O=C(Nc1cncc(-c2cnc3[nH]nc(-c4nc5c([nH]4)CCC=C5C(=O)N4CCOCC4)c3c2)c1)N1CCOCC1. The molecule has 2 aliphatic heterocycles. The van der Waals surface area contributed by atoms with Gasteiger partial charge in [0, 0.05) is 55.4 Å².